The zero-order valence-corrected chi connectivity index (χ0v) is 17.7. The monoisotopic (exact) mass is 430 g/mol. The second-order valence-corrected chi connectivity index (χ2v) is 8.33. The summed E-state index contributed by atoms with van der Waals surface area (Å²) in [4.78, 5) is 26.8. The molecule has 4 heterocycles. The number of carboxylic acids is 1. The van der Waals surface area contributed by atoms with E-state index in [0.29, 0.717) is 18.2 Å². The molecule has 10 nitrogen and oxygen atoms in total. The Hall–Kier alpha value is -1.82. The highest BCUT2D eigenvalue weighted by Crippen LogP contribution is 2.25. The van der Waals surface area contributed by atoms with E-state index < -0.39 is 17.0 Å². The molecule has 0 aliphatic carbocycles. The SMILES string of the molecule is C1C[C@H]2OCC[C@H]2O1.CC(=O)O.CS(=O)N1CCC(Nc2nccc(=O)[nH]2)CC1. The first-order chi connectivity index (χ1) is 13.8. The molecule has 0 spiro atoms. The van der Waals surface area contributed by atoms with Gasteiger partial charge in [-0.25, -0.2) is 13.5 Å². The molecule has 0 amide bonds. The van der Waals surface area contributed by atoms with Crippen LogP contribution in [0.3, 0.4) is 0 Å². The Morgan fingerprint density at radius 3 is 2.28 bits per heavy atom. The van der Waals surface area contributed by atoms with Crippen LogP contribution in [0, 0.1) is 0 Å². The van der Waals surface area contributed by atoms with Crippen molar-refractivity contribution in [2.75, 3.05) is 37.9 Å². The van der Waals surface area contributed by atoms with Gasteiger partial charge in [0.2, 0.25) is 5.95 Å². The molecule has 1 unspecified atom stereocenters. The molecule has 3 aliphatic heterocycles. The lowest BCUT2D eigenvalue weighted by Gasteiger charge is -2.30. The number of aromatic amines is 1. The summed E-state index contributed by atoms with van der Waals surface area (Å²) in [5.74, 6) is -0.325. The van der Waals surface area contributed by atoms with Gasteiger partial charge in [0.15, 0.2) is 0 Å². The molecule has 0 saturated carbocycles. The number of H-pyrrole nitrogens is 1. The summed E-state index contributed by atoms with van der Waals surface area (Å²) in [5, 5.41) is 10.6. The van der Waals surface area contributed by atoms with Gasteiger partial charge in [0.1, 0.15) is 0 Å². The van der Waals surface area contributed by atoms with E-state index in [1.54, 1.807) is 6.26 Å². The average molecular weight is 431 g/mol. The zero-order chi connectivity index (χ0) is 21.2. The van der Waals surface area contributed by atoms with Crippen molar-refractivity contribution in [2.24, 2.45) is 0 Å². The Bertz CT molecular complexity index is 698. The van der Waals surface area contributed by atoms with Crippen LogP contribution in [0.1, 0.15) is 32.6 Å². The van der Waals surface area contributed by atoms with Crippen molar-refractivity contribution in [3.05, 3.63) is 22.6 Å². The molecule has 4 rings (SSSR count). The zero-order valence-electron chi connectivity index (χ0n) is 16.8. The number of ether oxygens (including phenoxy) is 2. The van der Waals surface area contributed by atoms with Crippen molar-refractivity contribution in [3.63, 3.8) is 0 Å². The van der Waals surface area contributed by atoms with Gasteiger partial charge in [-0.15, -0.1) is 0 Å². The van der Waals surface area contributed by atoms with E-state index in [0.717, 1.165) is 58.9 Å². The largest absolute Gasteiger partial charge is 0.481 e. The summed E-state index contributed by atoms with van der Waals surface area (Å²) in [5.41, 5.74) is -0.158. The first-order valence-electron chi connectivity index (χ1n) is 9.68. The molecule has 3 fully saturated rings. The van der Waals surface area contributed by atoms with E-state index in [2.05, 4.69) is 15.3 Å². The summed E-state index contributed by atoms with van der Waals surface area (Å²) in [7, 11) is -0.885. The van der Waals surface area contributed by atoms with Crippen LogP contribution < -0.4 is 10.9 Å². The second-order valence-electron chi connectivity index (χ2n) is 6.97. The fraction of sp³-hybridized carbons (Fsp3) is 0.722. The highest BCUT2D eigenvalue weighted by Gasteiger charge is 2.33. The maximum Gasteiger partial charge on any atom is 0.300 e. The third kappa shape index (κ3) is 8.60. The predicted octanol–water partition coefficient (Wildman–Crippen LogP) is 0.595. The Kier molecular flexibility index (Phi) is 9.71. The van der Waals surface area contributed by atoms with Crippen molar-refractivity contribution in [2.45, 2.75) is 50.9 Å². The lowest BCUT2D eigenvalue weighted by molar-refractivity contribution is -0.134. The highest BCUT2D eigenvalue weighted by molar-refractivity contribution is 7.81. The highest BCUT2D eigenvalue weighted by atomic mass is 32.2. The van der Waals surface area contributed by atoms with Gasteiger partial charge in [-0.05, 0) is 25.7 Å². The topological polar surface area (TPSA) is 134 Å². The number of hydrogen-bond donors (Lipinski definition) is 3. The fourth-order valence-corrected chi connectivity index (χ4v) is 4.04. The molecule has 29 heavy (non-hydrogen) atoms. The molecule has 1 aromatic rings. The third-order valence-corrected chi connectivity index (χ3v) is 5.81. The van der Waals surface area contributed by atoms with Crippen LogP contribution in [0.15, 0.2) is 17.1 Å². The van der Waals surface area contributed by atoms with Crippen LogP contribution in [-0.4, -0.2) is 80.4 Å². The maximum atomic E-state index is 11.3. The summed E-state index contributed by atoms with van der Waals surface area (Å²) >= 11 is 0. The molecule has 3 aliphatic rings. The number of carbonyl (C=O) groups is 1. The average Bonchev–Trinajstić information content (AvgIpc) is 3.27. The second kappa shape index (κ2) is 12.0. The van der Waals surface area contributed by atoms with Gasteiger partial charge in [0.25, 0.3) is 11.5 Å². The number of nitrogens with one attached hydrogen (secondary N) is 2. The van der Waals surface area contributed by atoms with E-state index >= 15 is 0 Å². The Balaban J connectivity index is 0.000000205. The van der Waals surface area contributed by atoms with Gasteiger partial charge in [0, 0.05) is 57.8 Å². The number of nitrogens with zero attached hydrogens (tertiary/aromatic N) is 2. The van der Waals surface area contributed by atoms with Crippen molar-refractivity contribution in [1.82, 2.24) is 14.3 Å². The van der Waals surface area contributed by atoms with Crippen LogP contribution in [0.2, 0.25) is 0 Å². The van der Waals surface area contributed by atoms with E-state index in [-0.39, 0.29) is 11.6 Å². The van der Waals surface area contributed by atoms with Gasteiger partial charge < -0.3 is 19.9 Å². The minimum absolute atomic E-state index is 0.158. The molecule has 0 aromatic carbocycles. The van der Waals surface area contributed by atoms with Gasteiger partial charge >= 0.3 is 0 Å². The lowest BCUT2D eigenvalue weighted by atomic mass is 10.1. The molecular formula is C18H30N4O6S. The molecule has 1 aromatic heterocycles. The van der Waals surface area contributed by atoms with E-state index in [4.69, 9.17) is 19.4 Å². The summed E-state index contributed by atoms with van der Waals surface area (Å²) in [6.07, 6.45) is 8.12. The first kappa shape index (κ1) is 23.5. The summed E-state index contributed by atoms with van der Waals surface area (Å²) in [6.45, 7) is 4.51. The number of piperidine rings is 1. The quantitative estimate of drug-likeness (QED) is 0.635. The minimum Gasteiger partial charge on any atom is -0.481 e. The predicted molar refractivity (Wildman–Crippen MR) is 109 cm³/mol. The van der Waals surface area contributed by atoms with Crippen LogP contribution in [0.5, 0.6) is 0 Å². The lowest BCUT2D eigenvalue weighted by Crippen LogP contribution is -2.40. The molecule has 3 atom stereocenters. The Morgan fingerprint density at radius 2 is 1.79 bits per heavy atom. The number of aromatic nitrogens is 2. The number of carboxylic acid groups (broad SMARTS) is 1. The molecule has 3 N–H and O–H groups in total. The normalized spacial score (nSPS) is 25.0. The Morgan fingerprint density at radius 1 is 1.24 bits per heavy atom. The number of hydrogen-bond acceptors (Lipinski definition) is 7. The van der Waals surface area contributed by atoms with Gasteiger partial charge in [0.05, 0.1) is 23.2 Å². The summed E-state index contributed by atoms with van der Waals surface area (Å²) < 4.78 is 23.9. The van der Waals surface area contributed by atoms with Crippen LogP contribution in [0.25, 0.3) is 0 Å². The van der Waals surface area contributed by atoms with Gasteiger partial charge in [-0.1, -0.05) is 0 Å². The van der Waals surface area contributed by atoms with Crippen LogP contribution in [0.4, 0.5) is 5.95 Å². The maximum absolute atomic E-state index is 11.3. The molecule has 0 bridgehead atoms. The smallest absolute Gasteiger partial charge is 0.300 e. The van der Waals surface area contributed by atoms with E-state index in [1.165, 1.54) is 12.3 Å². The first-order valence-corrected chi connectivity index (χ1v) is 11.2. The molecule has 11 heteroatoms. The fourth-order valence-electron chi connectivity index (χ4n) is 3.32. The Labute approximate surface area is 172 Å². The van der Waals surface area contributed by atoms with Gasteiger partial charge in [-0.3, -0.25) is 14.6 Å². The van der Waals surface area contributed by atoms with Crippen molar-refractivity contribution >= 4 is 22.9 Å². The molecular weight excluding hydrogens is 400 g/mol. The van der Waals surface area contributed by atoms with E-state index in [1.807, 2.05) is 4.31 Å². The summed E-state index contributed by atoms with van der Waals surface area (Å²) in [6, 6.07) is 1.66. The van der Waals surface area contributed by atoms with Crippen LogP contribution >= 0.6 is 0 Å². The third-order valence-electron chi connectivity index (χ3n) is 4.71. The molecule has 164 valence electrons. The van der Waals surface area contributed by atoms with Crippen LogP contribution in [-0.2, 0) is 25.3 Å². The number of fused-ring (bicyclic) bond motifs is 1. The standard InChI is InChI=1S/C10H16N4O2S.C6H10O2.C2H4O2/c1-17(16)14-6-3-8(4-7-14)12-10-11-5-2-9(15)13-10;1-3-7-6-2-4-8-5(1)6;1-2(3)4/h2,5,8H,3-4,6-7H2,1H3,(H2,11,12,13,15);5-6H,1-4H2;1H3,(H,3,4)/t;5-,6-;/m.1./s1. The van der Waals surface area contributed by atoms with Crippen molar-refractivity contribution < 1.29 is 23.6 Å². The number of rotatable bonds is 3. The minimum atomic E-state index is -0.885. The number of aliphatic carboxylic acids is 1. The number of anilines is 1. The van der Waals surface area contributed by atoms with Crippen molar-refractivity contribution in [3.8, 4) is 0 Å². The van der Waals surface area contributed by atoms with Gasteiger partial charge in [-0.2, -0.15) is 0 Å². The molecule has 3 saturated heterocycles. The molecule has 0 radical (unpaired) electrons. The van der Waals surface area contributed by atoms with E-state index in [9.17, 15) is 9.00 Å². The van der Waals surface area contributed by atoms with Crippen molar-refractivity contribution in [1.29, 1.82) is 0 Å².